The van der Waals surface area contributed by atoms with Crippen molar-refractivity contribution >= 4 is 11.8 Å². The van der Waals surface area contributed by atoms with Gasteiger partial charge in [-0.05, 0) is 50.3 Å². The van der Waals surface area contributed by atoms with Gasteiger partial charge in [0.05, 0.1) is 23.0 Å². The molecular weight excluding hydrogens is 497 g/mol. The maximum atomic E-state index is 13.7. The molecular formula is C28H31F3N4O3. The molecule has 2 aliphatic rings. The van der Waals surface area contributed by atoms with E-state index in [1.54, 1.807) is 29.2 Å². The molecule has 2 unspecified atom stereocenters. The minimum atomic E-state index is -4.72. The van der Waals surface area contributed by atoms with Gasteiger partial charge in [0.15, 0.2) is 0 Å². The number of hydrogen-bond acceptors (Lipinski definition) is 5. The molecule has 0 saturated carbocycles. The lowest BCUT2D eigenvalue weighted by molar-refractivity contribution is -0.141. The van der Waals surface area contributed by atoms with E-state index in [-0.39, 0.29) is 18.2 Å². The highest BCUT2D eigenvalue weighted by atomic mass is 19.4. The predicted octanol–water partition coefficient (Wildman–Crippen LogP) is 4.91. The molecule has 38 heavy (non-hydrogen) atoms. The number of aromatic nitrogens is 1. The minimum Gasteiger partial charge on any atom is -0.508 e. The molecule has 2 saturated heterocycles. The molecule has 4 rings (SSSR count). The lowest BCUT2D eigenvalue weighted by atomic mass is 9.73. The van der Waals surface area contributed by atoms with Crippen LogP contribution in [0.25, 0.3) is 0 Å². The predicted molar refractivity (Wildman–Crippen MR) is 133 cm³/mol. The van der Waals surface area contributed by atoms with Crippen molar-refractivity contribution < 1.29 is 27.9 Å². The number of rotatable bonds is 5. The molecule has 0 radical (unpaired) electrons. The Morgan fingerprint density at radius 2 is 1.87 bits per heavy atom. The van der Waals surface area contributed by atoms with Gasteiger partial charge in [0, 0.05) is 37.4 Å². The van der Waals surface area contributed by atoms with Crippen molar-refractivity contribution in [2.45, 2.75) is 63.1 Å². The van der Waals surface area contributed by atoms with Crippen molar-refractivity contribution in [3.63, 3.8) is 0 Å². The summed E-state index contributed by atoms with van der Waals surface area (Å²) in [4.78, 5) is 34.0. The van der Waals surface area contributed by atoms with Gasteiger partial charge in [-0.3, -0.25) is 14.6 Å². The number of phenols is 1. The van der Waals surface area contributed by atoms with E-state index < -0.39 is 40.7 Å². The van der Waals surface area contributed by atoms with Crippen molar-refractivity contribution in [3.05, 3.63) is 59.4 Å². The first kappa shape index (κ1) is 27.4. The minimum absolute atomic E-state index is 0.0472. The summed E-state index contributed by atoms with van der Waals surface area (Å²) in [6, 6.07) is 10.5. The maximum absolute atomic E-state index is 13.7. The number of para-hydroxylation sites is 1. The molecule has 3 heterocycles. The number of amides is 2. The third kappa shape index (κ3) is 5.19. The van der Waals surface area contributed by atoms with E-state index in [9.17, 15) is 33.1 Å². The monoisotopic (exact) mass is 528 g/mol. The number of carbonyl (C=O) groups is 2. The van der Waals surface area contributed by atoms with Gasteiger partial charge in [0.25, 0.3) is 5.91 Å². The summed E-state index contributed by atoms with van der Waals surface area (Å²) in [5.41, 5.74) is -2.09. The number of carbonyl (C=O) groups excluding carboxylic acids is 2. The number of nitrogens with zero attached hydrogens (tertiary/aromatic N) is 4. The number of phenolic OH excluding ortho intramolecular Hbond substituents is 1. The molecule has 2 aliphatic heterocycles. The van der Waals surface area contributed by atoms with Crippen LogP contribution >= 0.6 is 0 Å². The Kier molecular flexibility index (Phi) is 7.95. The fourth-order valence-corrected chi connectivity index (χ4v) is 5.85. The summed E-state index contributed by atoms with van der Waals surface area (Å²) < 4.78 is 40.8. The van der Waals surface area contributed by atoms with E-state index in [0.29, 0.717) is 57.2 Å². The smallest absolute Gasteiger partial charge is 0.418 e. The van der Waals surface area contributed by atoms with Gasteiger partial charge < -0.3 is 14.9 Å². The second kappa shape index (κ2) is 11.0. The summed E-state index contributed by atoms with van der Waals surface area (Å²) in [6.45, 7) is 2.78. The highest BCUT2D eigenvalue weighted by Gasteiger charge is 2.45. The molecule has 0 aliphatic carbocycles. The Balaban J connectivity index is 1.54. The Hall–Kier alpha value is -3.61. The van der Waals surface area contributed by atoms with E-state index >= 15 is 0 Å². The molecule has 0 spiro atoms. The van der Waals surface area contributed by atoms with Crippen LogP contribution in [0.1, 0.15) is 67.1 Å². The van der Waals surface area contributed by atoms with Gasteiger partial charge in [0.1, 0.15) is 11.4 Å². The lowest BCUT2D eigenvalue weighted by Crippen LogP contribution is -2.55. The first-order valence-corrected chi connectivity index (χ1v) is 12.9. The Labute approximate surface area is 219 Å². The summed E-state index contributed by atoms with van der Waals surface area (Å²) in [5.74, 6) is -1.46. The zero-order valence-corrected chi connectivity index (χ0v) is 21.2. The van der Waals surface area contributed by atoms with Gasteiger partial charge in [-0.15, -0.1) is 0 Å². The van der Waals surface area contributed by atoms with Crippen molar-refractivity contribution in [2.75, 3.05) is 19.6 Å². The number of alkyl halides is 3. The molecule has 1 aromatic carbocycles. The van der Waals surface area contributed by atoms with Crippen molar-refractivity contribution in [2.24, 2.45) is 5.92 Å². The number of piperidine rings is 2. The van der Waals surface area contributed by atoms with E-state index in [0.717, 1.165) is 12.1 Å². The van der Waals surface area contributed by atoms with Crippen molar-refractivity contribution in [1.82, 2.24) is 14.8 Å². The van der Waals surface area contributed by atoms with Gasteiger partial charge in [-0.1, -0.05) is 31.5 Å². The molecule has 0 bridgehead atoms. The Morgan fingerprint density at radius 3 is 2.50 bits per heavy atom. The average Bonchev–Trinajstić information content (AvgIpc) is 2.92. The number of nitriles is 1. The molecule has 7 nitrogen and oxygen atoms in total. The van der Waals surface area contributed by atoms with Gasteiger partial charge in [0.2, 0.25) is 5.91 Å². The number of aromatic hydroxyl groups is 1. The molecule has 2 atom stereocenters. The highest BCUT2D eigenvalue weighted by Crippen LogP contribution is 2.40. The first-order chi connectivity index (χ1) is 18.1. The SMILES string of the molecule is CCCC1C(C(=O)N2CCC(C#N)(c3ccccc3O)CC2)CCCN1C(=O)c1ncccc1C(F)(F)F. The van der Waals surface area contributed by atoms with E-state index in [4.69, 9.17) is 0 Å². The van der Waals surface area contributed by atoms with Crippen LogP contribution in [-0.4, -0.2) is 57.4 Å². The summed E-state index contributed by atoms with van der Waals surface area (Å²) in [7, 11) is 0. The zero-order chi connectivity index (χ0) is 27.5. The fraction of sp³-hybridized carbons (Fsp3) is 0.500. The van der Waals surface area contributed by atoms with Crippen molar-refractivity contribution in [3.8, 4) is 11.8 Å². The average molecular weight is 529 g/mol. The molecule has 2 amide bonds. The number of hydrogen-bond donors (Lipinski definition) is 1. The number of likely N-dealkylation sites (tertiary alicyclic amines) is 2. The highest BCUT2D eigenvalue weighted by molar-refractivity contribution is 5.95. The molecule has 1 N–H and O–H groups in total. The van der Waals surface area contributed by atoms with E-state index in [1.807, 2.05) is 6.92 Å². The molecule has 1 aromatic heterocycles. The van der Waals surface area contributed by atoms with Gasteiger partial charge >= 0.3 is 6.18 Å². The second-order valence-corrected chi connectivity index (χ2v) is 10.0. The summed E-state index contributed by atoms with van der Waals surface area (Å²) in [6.07, 6.45) is -0.706. The lowest BCUT2D eigenvalue weighted by Gasteiger charge is -2.44. The second-order valence-electron chi connectivity index (χ2n) is 10.0. The third-order valence-electron chi connectivity index (χ3n) is 7.82. The molecule has 2 fully saturated rings. The maximum Gasteiger partial charge on any atom is 0.418 e. The largest absolute Gasteiger partial charge is 0.508 e. The summed E-state index contributed by atoms with van der Waals surface area (Å²) in [5, 5.41) is 20.3. The fourth-order valence-electron chi connectivity index (χ4n) is 5.85. The molecule has 202 valence electrons. The van der Waals surface area contributed by atoms with Crippen LogP contribution in [0.5, 0.6) is 5.75 Å². The Bertz CT molecular complexity index is 1220. The van der Waals surface area contributed by atoms with Crippen LogP contribution in [0.4, 0.5) is 13.2 Å². The third-order valence-corrected chi connectivity index (χ3v) is 7.82. The topological polar surface area (TPSA) is 97.5 Å². The zero-order valence-electron chi connectivity index (χ0n) is 21.2. The number of halogens is 3. The van der Waals surface area contributed by atoms with E-state index in [2.05, 4.69) is 11.1 Å². The van der Waals surface area contributed by atoms with Gasteiger partial charge in [-0.25, -0.2) is 0 Å². The number of pyridine rings is 1. The summed E-state index contributed by atoms with van der Waals surface area (Å²) >= 11 is 0. The first-order valence-electron chi connectivity index (χ1n) is 12.9. The van der Waals surface area contributed by atoms with Crippen LogP contribution < -0.4 is 0 Å². The Morgan fingerprint density at radius 1 is 1.16 bits per heavy atom. The van der Waals surface area contributed by atoms with Crippen LogP contribution in [0.2, 0.25) is 0 Å². The molecule has 2 aromatic rings. The normalized spacial score (nSPS) is 21.6. The van der Waals surface area contributed by atoms with Crippen LogP contribution in [0, 0.1) is 17.2 Å². The van der Waals surface area contributed by atoms with E-state index in [1.165, 1.54) is 11.1 Å². The van der Waals surface area contributed by atoms with Crippen LogP contribution in [0.3, 0.4) is 0 Å². The quantitative estimate of drug-likeness (QED) is 0.595. The van der Waals surface area contributed by atoms with Crippen LogP contribution in [0.15, 0.2) is 42.6 Å². The standard InChI is InChI=1S/C28H31F3N4O3/c1-2-7-22-19(8-6-15-35(22)26(38)24-21(28(29,30)31)10-5-14-33-24)25(37)34-16-12-27(18-32,13-17-34)20-9-3-4-11-23(20)36/h3-5,9-11,14,19,22,36H,2,6-8,12-13,15-17H2,1H3. The molecule has 10 heteroatoms. The van der Waals surface area contributed by atoms with Gasteiger partial charge in [-0.2, -0.15) is 18.4 Å². The number of benzene rings is 1. The van der Waals surface area contributed by atoms with Crippen molar-refractivity contribution in [1.29, 1.82) is 5.26 Å². The van der Waals surface area contributed by atoms with Crippen LogP contribution in [-0.2, 0) is 16.4 Å².